The molecule has 80 valence electrons. The van der Waals surface area contributed by atoms with Gasteiger partial charge in [-0.1, -0.05) is 30.3 Å². The van der Waals surface area contributed by atoms with E-state index in [4.69, 9.17) is 16.3 Å². The Morgan fingerprint density at radius 1 is 1.00 bits per heavy atom. The maximum absolute atomic E-state index is 6.50. The lowest BCUT2D eigenvalue weighted by Crippen LogP contribution is -2.07. The Balaban J connectivity index is 2.23. The van der Waals surface area contributed by atoms with E-state index in [0.717, 1.165) is 22.6 Å². The highest BCUT2D eigenvalue weighted by Crippen LogP contribution is 2.46. The van der Waals surface area contributed by atoms with Gasteiger partial charge in [0.25, 0.3) is 0 Å². The summed E-state index contributed by atoms with van der Waals surface area (Å²) in [5.41, 5.74) is 3.31. The summed E-state index contributed by atoms with van der Waals surface area (Å²) in [7, 11) is 0. The van der Waals surface area contributed by atoms with Gasteiger partial charge >= 0.3 is 0 Å². The number of benzene rings is 2. The smallest absolute Gasteiger partial charge is 0.132 e. The van der Waals surface area contributed by atoms with Crippen LogP contribution in [0.2, 0.25) is 0 Å². The van der Waals surface area contributed by atoms with Crippen LogP contribution in [0.3, 0.4) is 0 Å². The molecule has 0 fully saturated rings. The van der Waals surface area contributed by atoms with Crippen molar-refractivity contribution >= 4 is 11.6 Å². The average Bonchev–Trinajstić information content (AvgIpc) is 2.29. The molecule has 0 N–H and O–H groups in total. The topological polar surface area (TPSA) is 9.23 Å². The second-order valence-electron chi connectivity index (χ2n) is 3.99. The predicted molar refractivity (Wildman–Crippen MR) is 65.4 cm³/mol. The highest BCUT2D eigenvalue weighted by molar-refractivity contribution is 6.23. The highest BCUT2D eigenvalue weighted by atomic mass is 35.5. The number of alkyl halides is 1. The van der Waals surface area contributed by atoms with Crippen LogP contribution < -0.4 is 4.74 Å². The van der Waals surface area contributed by atoms with Gasteiger partial charge in [0.2, 0.25) is 0 Å². The first-order chi connectivity index (χ1) is 7.77. The van der Waals surface area contributed by atoms with Crippen molar-refractivity contribution in [1.82, 2.24) is 0 Å². The fourth-order valence-electron chi connectivity index (χ4n) is 2.12. The van der Waals surface area contributed by atoms with Crippen LogP contribution in [-0.4, -0.2) is 0 Å². The van der Waals surface area contributed by atoms with Gasteiger partial charge < -0.3 is 4.74 Å². The number of hydrogen-bond donors (Lipinski definition) is 0. The van der Waals surface area contributed by atoms with Crippen LogP contribution in [0.4, 0.5) is 0 Å². The largest absolute Gasteiger partial charge is 0.457 e. The molecule has 1 aliphatic rings. The van der Waals surface area contributed by atoms with Gasteiger partial charge in [0, 0.05) is 11.1 Å². The second kappa shape index (κ2) is 3.53. The summed E-state index contributed by atoms with van der Waals surface area (Å²) in [6.07, 6.45) is 0. The molecule has 0 spiro atoms. The van der Waals surface area contributed by atoms with Crippen LogP contribution >= 0.6 is 11.6 Å². The Kier molecular flexibility index (Phi) is 2.15. The first-order valence-electron chi connectivity index (χ1n) is 5.28. The first kappa shape index (κ1) is 9.73. The zero-order valence-corrected chi connectivity index (χ0v) is 9.66. The highest BCUT2D eigenvalue weighted by Gasteiger charge is 2.26. The van der Waals surface area contributed by atoms with E-state index in [1.807, 2.05) is 36.4 Å². The number of para-hydroxylation sites is 1. The molecule has 1 heterocycles. The Bertz CT molecular complexity index is 548. The minimum absolute atomic E-state index is 0.110. The van der Waals surface area contributed by atoms with E-state index in [1.54, 1.807) is 0 Å². The van der Waals surface area contributed by atoms with Crippen molar-refractivity contribution < 1.29 is 4.74 Å². The van der Waals surface area contributed by atoms with E-state index in [1.165, 1.54) is 5.56 Å². The van der Waals surface area contributed by atoms with Crippen LogP contribution in [0, 0.1) is 6.92 Å². The van der Waals surface area contributed by atoms with E-state index >= 15 is 0 Å². The summed E-state index contributed by atoms with van der Waals surface area (Å²) in [5, 5.41) is -0.110. The van der Waals surface area contributed by atoms with Crippen LogP contribution in [0.5, 0.6) is 11.5 Å². The molecular weight excluding hydrogens is 220 g/mol. The molecular formula is C14H11ClO. The number of fused-ring (bicyclic) bond motifs is 2. The summed E-state index contributed by atoms with van der Waals surface area (Å²) in [4.78, 5) is 0. The van der Waals surface area contributed by atoms with Gasteiger partial charge in [0.1, 0.15) is 11.5 Å². The molecule has 2 heteroatoms. The average molecular weight is 231 g/mol. The third-order valence-corrected chi connectivity index (χ3v) is 3.40. The zero-order chi connectivity index (χ0) is 11.1. The van der Waals surface area contributed by atoms with Crippen LogP contribution in [0.15, 0.2) is 42.5 Å². The molecule has 0 saturated carbocycles. The Labute approximate surface area is 99.6 Å². The Hall–Kier alpha value is -1.47. The van der Waals surface area contributed by atoms with Crippen molar-refractivity contribution in [2.75, 3.05) is 0 Å². The fraction of sp³-hybridized carbons (Fsp3) is 0.143. The quantitative estimate of drug-likeness (QED) is 0.609. The maximum Gasteiger partial charge on any atom is 0.132 e. The monoisotopic (exact) mass is 230 g/mol. The van der Waals surface area contributed by atoms with Gasteiger partial charge in [-0.05, 0) is 24.6 Å². The summed E-state index contributed by atoms with van der Waals surface area (Å²) in [5.74, 6) is 1.74. The van der Waals surface area contributed by atoms with Crippen molar-refractivity contribution in [1.29, 1.82) is 0 Å². The van der Waals surface area contributed by atoms with Gasteiger partial charge in [0.05, 0.1) is 5.38 Å². The summed E-state index contributed by atoms with van der Waals surface area (Å²) in [6, 6.07) is 13.9. The molecule has 0 amide bonds. The molecule has 0 saturated heterocycles. The van der Waals surface area contributed by atoms with E-state index in [9.17, 15) is 0 Å². The molecule has 0 radical (unpaired) electrons. The van der Waals surface area contributed by atoms with Gasteiger partial charge in [0.15, 0.2) is 0 Å². The molecule has 1 unspecified atom stereocenters. The molecule has 3 rings (SSSR count). The molecule has 16 heavy (non-hydrogen) atoms. The maximum atomic E-state index is 6.50. The molecule has 1 atom stereocenters. The van der Waals surface area contributed by atoms with Crippen molar-refractivity contribution in [3.8, 4) is 11.5 Å². The molecule has 0 aromatic heterocycles. The van der Waals surface area contributed by atoms with Gasteiger partial charge in [-0.2, -0.15) is 0 Å². The van der Waals surface area contributed by atoms with Crippen molar-refractivity contribution in [2.45, 2.75) is 12.3 Å². The van der Waals surface area contributed by atoms with Gasteiger partial charge in [-0.3, -0.25) is 0 Å². The van der Waals surface area contributed by atoms with E-state index < -0.39 is 0 Å². The minimum Gasteiger partial charge on any atom is -0.457 e. The van der Waals surface area contributed by atoms with E-state index in [2.05, 4.69) is 13.0 Å². The summed E-state index contributed by atoms with van der Waals surface area (Å²) < 4.78 is 5.84. The number of rotatable bonds is 0. The number of ether oxygens (including phenoxy) is 1. The van der Waals surface area contributed by atoms with Crippen LogP contribution in [0.1, 0.15) is 22.1 Å². The van der Waals surface area contributed by atoms with Crippen LogP contribution in [0.25, 0.3) is 0 Å². The normalized spacial score (nSPS) is 17.2. The van der Waals surface area contributed by atoms with Crippen LogP contribution in [-0.2, 0) is 0 Å². The molecule has 1 aliphatic heterocycles. The molecule has 0 bridgehead atoms. The van der Waals surface area contributed by atoms with Crippen molar-refractivity contribution in [3.05, 3.63) is 59.2 Å². The van der Waals surface area contributed by atoms with Crippen molar-refractivity contribution in [2.24, 2.45) is 0 Å². The Morgan fingerprint density at radius 2 is 1.75 bits per heavy atom. The third kappa shape index (κ3) is 1.32. The molecule has 2 aromatic rings. The van der Waals surface area contributed by atoms with Gasteiger partial charge in [-0.25, -0.2) is 0 Å². The minimum atomic E-state index is -0.110. The molecule has 1 nitrogen and oxygen atoms in total. The standard InChI is InChI=1S/C14H11ClO/c1-9-5-4-8-12-13(9)14(15)10-6-2-3-7-11(10)16-12/h2-8,14H,1H3. The van der Waals surface area contributed by atoms with Crippen molar-refractivity contribution in [3.63, 3.8) is 0 Å². The van der Waals surface area contributed by atoms with Gasteiger partial charge in [-0.15, -0.1) is 11.6 Å². The number of halogens is 1. The third-order valence-electron chi connectivity index (χ3n) is 2.95. The van der Waals surface area contributed by atoms with E-state index in [0.29, 0.717) is 0 Å². The molecule has 0 aliphatic carbocycles. The number of hydrogen-bond acceptors (Lipinski definition) is 1. The summed E-state index contributed by atoms with van der Waals surface area (Å²) >= 11 is 6.50. The number of aryl methyl sites for hydroxylation is 1. The zero-order valence-electron chi connectivity index (χ0n) is 8.91. The molecule has 2 aromatic carbocycles. The lowest BCUT2D eigenvalue weighted by molar-refractivity contribution is 0.457. The SMILES string of the molecule is Cc1cccc2c1C(Cl)c1ccccc1O2. The Morgan fingerprint density at radius 3 is 2.62 bits per heavy atom. The second-order valence-corrected chi connectivity index (χ2v) is 4.43. The lowest BCUT2D eigenvalue weighted by atomic mass is 9.96. The lowest BCUT2D eigenvalue weighted by Gasteiger charge is -2.25. The fourth-order valence-corrected chi connectivity index (χ4v) is 2.58. The van der Waals surface area contributed by atoms with E-state index in [-0.39, 0.29) is 5.38 Å². The first-order valence-corrected chi connectivity index (χ1v) is 5.71. The summed E-state index contributed by atoms with van der Waals surface area (Å²) in [6.45, 7) is 2.06. The predicted octanol–water partition coefficient (Wildman–Crippen LogP) is 4.43.